The normalized spacial score (nSPS) is 18.6. The molecule has 1 aliphatic heterocycles. The van der Waals surface area contributed by atoms with Gasteiger partial charge in [-0.15, -0.1) is 0 Å². The van der Waals surface area contributed by atoms with Crippen LogP contribution in [-0.2, 0) is 0 Å². The molecule has 3 nitrogen and oxygen atoms in total. The van der Waals surface area contributed by atoms with E-state index < -0.39 is 0 Å². The molecule has 2 N–H and O–H groups in total. The first-order chi connectivity index (χ1) is 7.81. The average Bonchev–Trinajstić information content (AvgIpc) is 2.30. The minimum Gasteiger partial charge on any atom is -0.365 e. The summed E-state index contributed by atoms with van der Waals surface area (Å²) in [5.74, 6) is 0.0378. The molecule has 0 saturated heterocycles. The Balaban J connectivity index is 2.01. The van der Waals surface area contributed by atoms with Gasteiger partial charge in [0, 0.05) is 5.69 Å². The number of hydrogen-bond donors (Lipinski definition) is 2. The van der Waals surface area contributed by atoms with Gasteiger partial charge in [0.15, 0.2) is 0 Å². The molecular formula is C13H18N2O. The summed E-state index contributed by atoms with van der Waals surface area (Å²) in [4.78, 5) is 11.8. The van der Waals surface area contributed by atoms with Crippen molar-refractivity contribution in [3.05, 3.63) is 29.8 Å². The predicted octanol–water partition coefficient (Wildman–Crippen LogP) is 2.75. The van der Waals surface area contributed by atoms with Crippen LogP contribution in [0.1, 0.15) is 43.0 Å². The molecular weight excluding hydrogens is 200 g/mol. The number of carbonyl (C=O) groups is 1. The topological polar surface area (TPSA) is 41.1 Å². The summed E-state index contributed by atoms with van der Waals surface area (Å²) in [6.45, 7) is 2.18. The molecule has 86 valence electrons. The molecule has 0 spiro atoms. The van der Waals surface area contributed by atoms with E-state index in [4.69, 9.17) is 0 Å². The van der Waals surface area contributed by atoms with Crippen molar-refractivity contribution in [3.8, 4) is 0 Å². The number of para-hydroxylation sites is 1. The highest BCUT2D eigenvalue weighted by Crippen LogP contribution is 2.21. The monoisotopic (exact) mass is 218 g/mol. The van der Waals surface area contributed by atoms with Crippen molar-refractivity contribution in [3.63, 3.8) is 0 Å². The quantitative estimate of drug-likeness (QED) is 0.763. The minimum absolute atomic E-state index is 0.0378. The molecule has 0 saturated carbocycles. The zero-order chi connectivity index (χ0) is 11.4. The molecule has 2 rings (SSSR count). The molecule has 1 aromatic rings. The zero-order valence-corrected chi connectivity index (χ0v) is 9.62. The van der Waals surface area contributed by atoms with Crippen LogP contribution in [0.3, 0.4) is 0 Å². The molecule has 0 aliphatic carbocycles. The third-order valence-corrected chi connectivity index (χ3v) is 2.90. The van der Waals surface area contributed by atoms with Gasteiger partial charge in [0.2, 0.25) is 0 Å². The van der Waals surface area contributed by atoms with E-state index in [1.54, 1.807) is 0 Å². The first-order valence-corrected chi connectivity index (χ1v) is 5.97. The van der Waals surface area contributed by atoms with Crippen LogP contribution in [0, 0.1) is 0 Å². The second kappa shape index (κ2) is 5.01. The zero-order valence-electron chi connectivity index (χ0n) is 9.62. The van der Waals surface area contributed by atoms with E-state index in [2.05, 4.69) is 17.6 Å². The Bertz CT molecular complexity index is 376. The summed E-state index contributed by atoms with van der Waals surface area (Å²) in [6.07, 6.45) is 4.66. The molecule has 0 unspecified atom stereocenters. The number of anilines is 1. The van der Waals surface area contributed by atoms with Gasteiger partial charge >= 0.3 is 0 Å². The summed E-state index contributed by atoms with van der Waals surface area (Å²) in [6, 6.07) is 7.64. The number of hydrogen-bond acceptors (Lipinski definition) is 2. The van der Waals surface area contributed by atoms with Gasteiger partial charge in [-0.05, 0) is 25.0 Å². The molecule has 1 aliphatic rings. The Labute approximate surface area is 96.2 Å². The maximum absolute atomic E-state index is 11.8. The largest absolute Gasteiger partial charge is 0.365 e. The fourth-order valence-electron chi connectivity index (χ4n) is 2.01. The Kier molecular flexibility index (Phi) is 3.44. The van der Waals surface area contributed by atoms with E-state index in [0.717, 1.165) is 24.1 Å². The van der Waals surface area contributed by atoms with Crippen LogP contribution in [0.5, 0.6) is 0 Å². The van der Waals surface area contributed by atoms with Crippen molar-refractivity contribution in [2.45, 2.75) is 38.8 Å². The van der Waals surface area contributed by atoms with Gasteiger partial charge < -0.3 is 10.6 Å². The van der Waals surface area contributed by atoms with Crippen molar-refractivity contribution >= 4 is 11.6 Å². The molecule has 0 fully saturated rings. The van der Waals surface area contributed by atoms with E-state index in [9.17, 15) is 4.79 Å². The molecule has 0 radical (unpaired) electrons. The van der Waals surface area contributed by atoms with Crippen molar-refractivity contribution < 1.29 is 4.79 Å². The fourth-order valence-corrected chi connectivity index (χ4v) is 2.01. The molecule has 3 heteroatoms. The number of amides is 1. The van der Waals surface area contributed by atoms with Gasteiger partial charge in [-0.1, -0.05) is 31.9 Å². The lowest BCUT2D eigenvalue weighted by atomic mass is 10.1. The Morgan fingerprint density at radius 2 is 2.00 bits per heavy atom. The second-order valence-corrected chi connectivity index (χ2v) is 4.21. The lowest BCUT2D eigenvalue weighted by Gasteiger charge is -2.27. The van der Waals surface area contributed by atoms with Crippen LogP contribution in [0.4, 0.5) is 5.69 Å². The molecule has 1 atom stereocenters. The average molecular weight is 218 g/mol. The Morgan fingerprint density at radius 3 is 2.81 bits per heavy atom. The predicted molar refractivity (Wildman–Crippen MR) is 65.5 cm³/mol. The molecule has 0 aromatic heterocycles. The van der Waals surface area contributed by atoms with E-state index in [1.807, 2.05) is 24.3 Å². The molecule has 0 bridgehead atoms. The summed E-state index contributed by atoms with van der Waals surface area (Å²) < 4.78 is 0. The number of unbranched alkanes of at least 4 members (excludes halogenated alkanes) is 2. The Hall–Kier alpha value is -1.51. The Morgan fingerprint density at radius 1 is 1.19 bits per heavy atom. The first kappa shape index (κ1) is 11.0. The van der Waals surface area contributed by atoms with E-state index in [1.165, 1.54) is 12.8 Å². The van der Waals surface area contributed by atoms with Gasteiger partial charge in [-0.3, -0.25) is 4.79 Å². The van der Waals surface area contributed by atoms with Gasteiger partial charge in [0.1, 0.15) is 0 Å². The smallest absolute Gasteiger partial charge is 0.254 e. The highest BCUT2D eigenvalue weighted by atomic mass is 16.2. The molecule has 16 heavy (non-hydrogen) atoms. The van der Waals surface area contributed by atoms with Crippen LogP contribution in [0.25, 0.3) is 0 Å². The minimum atomic E-state index is 0.0378. The lowest BCUT2D eigenvalue weighted by Crippen LogP contribution is -2.44. The number of rotatable bonds is 4. The van der Waals surface area contributed by atoms with Crippen molar-refractivity contribution in [2.24, 2.45) is 0 Å². The maximum Gasteiger partial charge on any atom is 0.254 e. The summed E-state index contributed by atoms with van der Waals surface area (Å²) in [5.41, 5.74) is 1.70. The van der Waals surface area contributed by atoms with Crippen LogP contribution >= 0.6 is 0 Å². The van der Waals surface area contributed by atoms with E-state index in [-0.39, 0.29) is 12.1 Å². The third-order valence-electron chi connectivity index (χ3n) is 2.90. The van der Waals surface area contributed by atoms with E-state index in [0.29, 0.717) is 0 Å². The number of carbonyl (C=O) groups excluding carboxylic acids is 1. The van der Waals surface area contributed by atoms with E-state index >= 15 is 0 Å². The van der Waals surface area contributed by atoms with Gasteiger partial charge in [-0.25, -0.2) is 0 Å². The first-order valence-electron chi connectivity index (χ1n) is 5.97. The molecule has 1 aromatic carbocycles. The maximum atomic E-state index is 11.8. The number of benzene rings is 1. The van der Waals surface area contributed by atoms with Crippen LogP contribution in [-0.4, -0.2) is 12.1 Å². The lowest BCUT2D eigenvalue weighted by molar-refractivity contribution is 0.0933. The van der Waals surface area contributed by atoms with Crippen molar-refractivity contribution in [1.82, 2.24) is 5.32 Å². The SMILES string of the molecule is CCCCC[C@@H]1NC(=O)c2ccccc2N1. The molecule has 1 amide bonds. The highest BCUT2D eigenvalue weighted by molar-refractivity contribution is 6.01. The summed E-state index contributed by atoms with van der Waals surface area (Å²) in [5, 5.41) is 6.34. The summed E-state index contributed by atoms with van der Waals surface area (Å²) in [7, 11) is 0. The summed E-state index contributed by atoms with van der Waals surface area (Å²) >= 11 is 0. The number of fused-ring (bicyclic) bond motifs is 1. The van der Waals surface area contributed by atoms with Gasteiger partial charge in [0.05, 0.1) is 11.7 Å². The molecule has 1 heterocycles. The van der Waals surface area contributed by atoms with Crippen molar-refractivity contribution in [1.29, 1.82) is 0 Å². The standard InChI is InChI=1S/C13H18N2O/c1-2-3-4-9-12-14-11-8-6-5-7-10(11)13(16)15-12/h5-8,12,14H,2-4,9H2,1H3,(H,15,16)/t12-/m0/s1. The number of nitrogens with one attached hydrogen (secondary N) is 2. The van der Waals surface area contributed by atoms with Crippen molar-refractivity contribution in [2.75, 3.05) is 5.32 Å². The van der Waals surface area contributed by atoms with Crippen LogP contribution < -0.4 is 10.6 Å². The fraction of sp³-hybridized carbons (Fsp3) is 0.462. The van der Waals surface area contributed by atoms with Crippen LogP contribution in [0.15, 0.2) is 24.3 Å². The van der Waals surface area contributed by atoms with Gasteiger partial charge in [-0.2, -0.15) is 0 Å². The third kappa shape index (κ3) is 2.35. The highest BCUT2D eigenvalue weighted by Gasteiger charge is 2.21. The van der Waals surface area contributed by atoms with Gasteiger partial charge in [0.25, 0.3) is 5.91 Å². The second-order valence-electron chi connectivity index (χ2n) is 4.21. The van der Waals surface area contributed by atoms with Crippen LogP contribution in [0.2, 0.25) is 0 Å².